The Labute approximate surface area is 127 Å². The third-order valence-electron chi connectivity index (χ3n) is 3.17. The fourth-order valence-electron chi connectivity index (χ4n) is 1.86. The zero-order valence-corrected chi connectivity index (χ0v) is 12.6. The molecule has 1 aromatic heterocycles. The van der Waals surface area contributed by atoms with Crippen molar-refractivity contribution in [1.82, 2.24) is 4.57 Å². The summed E-state index contributed by atoms with van der Waals surface area (Å²) >= 11 is 4.93. The van der Waals surface area contributed by atoms with Gasteiger partial charge in [-0.25, -0.2) is 0 Å². The van der Waals surface area contributed by atoms with Crippen molar-refractivity contribution in [3.05, 3.63) is 64.1 Å². The molecule has 0 aliphatic rings. The third kappa shape index (κ3) is 3.17. The van der Waals surface area contributed by atoms with Crippen LogP contribution in [0.25, 0.3) is 0 Å². The van der Waals surface area contributed by atoms with E-state index >= 15 is 0 Å². The highest BCUT2D eigenvalue weighted by atomic mass is 32.1. The standard InChI is InChI=1S/C15H15N3O2S/c1-17-7-6-11(9-13(17)19)15(20)18(2)12-5-3-4-10(8-12)14(16)21/h3-9H,1-2H3,(H2,16,21). The van der Waals surface area contributed by atoms with Crippen LogP contribution in [-0.4, -0.2) is 22.5 Å². The van der Waals surface area contributed by atoms with Gasteiger partial charge in [-0.15, -0.1) is 0 Å². The van der Waals surface area contributed by atoms with E-state index in [1.807, 2.05) is 0 Å². The Morgan fingerprint density at radius 1 is 1.24 bits per heavy atom. The van der Waals surface area contributed by atoms with Gasteiger partial charge >= 0.3 is 0 Å². The molecule has 2 N–H and O–H groups in total. The van der Waals surface area contributed by atoms with Gasteiger partial charge < -0.3 is 15.2 Å². The molecule has 0 radical (unpaired) electrons. The lowest BCUT2D eigenvalue weighted by Crippen LogP contribution is -2.28. The van der Waals surface area contributed by atoms with Gasteiger partial charge in [0.25, 0.3) is 11.5 Å². The Morgan fingerprint density at radius 3 is 2.57 bits per heavy atom. The highest BCUT2D eigenvalue weighted by molar-refractivity contribution is 7.80. The van der Waals surface area contributed by atoms with Crippen molar-refractivity contribution < 1.29 is 4.79 Å². The summed E-state index contributed by atoms with van der Waals surface area (Å²) in [6, 6.07) is 10.00. The zero-order chi connectivity index (χ0) is 15.6. The number of amides is 1. The van der Waals surface area contributed by atoms with E-state index in [0.29, 0.717) is 16.8 Å². The monoisotopic (exact) mass is 301 g/mol. The minimum atomic E-state index is -0.271. The van der Waals surface area contributed by atoms with Crippen molar-refractivity contribution in [2.75, 3.05) is 11.9 Å². The number of nitrogens with zero attached hydrogens (tertiary/aromatic N) is 2. The molecule has 0 fully saturated rings. The second-order valence-electron chi connectivity index (χ2n) is 4.64. The van der Waals surface area contributed by atoms with Crippen LogP contribution in [0.4, 0.5) is 5.69 Å². The Morgan fingerprint density at radius 2 is 1.95 bits per heavy atom. The number of anilines is 1. The molecule has 2 aromatic rings. The lowest BCUT2D eigenvalue weighted by atomic mass is 10.1. The Kier molecular flexibility index (Phi) is 4.18. The molecule has 108 valence electrons. The van der Waals surface area contributed by atoms with Crippen molar-refractivity contribution in [2.45, 2.75) is 0 Å². The predicted molar refractivity (Wildman–Crippen MR) is 86.7 cm³/mol. The van der Waals surface area contributed by atoms with Gasteiger partial charge in [-0.2, -0.15) is 0 Å². The topological polar surface area (TPSA) is 68.3 Å². The first-order valence-electron chi connectivity index (χ1n) is 6.25. The quantitative estimate of drug-likeness (QED) is 0.868. The van der Waals surface area contributed by atoms with Gasteiger partial charge in [0.2, 0.25) is 0 Å². The molecular weight excluding hydrogens is 286 g/mol. The molecule has 1 aromatic carbocycles. The molecule has 21 heavy (non-hydrogen) atoms. The van der Waals surface area contributed by atoms with E-state index in [4.69, 9.17) is 18.0 Å². The van der Waals surface area contributed by atoms with E-state index in [-0.39, 0.29) is 16.5 Å². The first-order valence-corrected chi connectivity index (χ1v) is 6.65. The molecule has 5 nitrogen and oxygen atoms in total. The number of carbonyl (C=O) groups excluding carboxylic acids is 1. The van der Waals surface area contributed by atoms with Crippen molar-refractivity contribution >= 4 is 28.8 Å². The van der Waals surface area contributed by atoms with Crippen LogP contribution in [-0.2, 0) is 7.05 Å². The largest absolute Gasteiger partial charge is 0.389 e. The van der Waals surface area contributed by atoms with Gasteiger partial charge in [0.1, 0.15) is 4.99 Å². The van der Waals surface area contributed by atoms with E-state index in [1.165, 1.54) is 15.5 Å². The SMILES string of the molecule is CN(C(=O)c1ccn(C)c(=O)c1)c1cccc(C(N)=S)c1. The molecule has 0 unspecified atom stereocenters. The smallest absolute Gasteiger partial charge is 0.258 e. The molecule has 0 aliphatic carbocycles. The van der Waals surface area contributed by atoms with E-state index in [1.54, 1.807) is 50.6 Å². The van der Waals surface area contributed by atoms with Gasteiger partial charge in [-0.3, -0.25) is 9.59 Å². The number of nitrogens with two attached hydrogens (primary N) is 1. The van der Waals surface area contributed by atoms with Crippen LogP contribution < -0.4 is 16.2 Å². The van der Waals surface area contributed by atoms with Gasteiger partial charge in [0, 0.05) is 43.2 Å². The van der Waals surface area contributed by atoms with Crippen molar-refractivity contribution in [3.8, 4) is 0 Å². The molecule has 0 bridgehead atoms. The van der Waals surface area contributed by atoms with Crippen LogP contribution in [0.1, 0.15) is 15.9 Å². The molecular formula is C15H15N3O2S. The third-order valence-corrected chi connectivity index (χ3v) is 3.41. The summed E-state index contributed by atoms with van der Waals surface area (Å²) in [7, 11) is 3.27. The number of carbonyl (C=O) groups is 1. The van der Waals surface area contributed by atoms with Crippen LogP contribution >= 0.6 is 12.2 Å². The van der Waals surface area contributed by atoms with E-state index in [0.717, 1.165) is 0 Å². The summed E-state index contributed by atoms with van der Waals surface area (Å²) in [4.78, 5) is 25.7. The maximum absolute atomic E-state index is 12.4. The van der Waals surface area contributed by atoms with Crippen LogP contribution in [0.2, 0.25) is 0 Å². The number of aryl methyl sites for hydroxylation is 1. The lowest BCUT2D eigenvalue weighted by molar-refractivity contribution is 0.0992. The fourth-order valence-corrected chi connectivity index (χ4v) is 1.99. The fraction of sp³-hybridized carbons (Fsp3) is 0.133. The molecule has 0 aliphatic heterocycles. The summed E-state index contributed by atoms with van der Waals surface area (Å²) in [5.74, 6) is -0.271. The molecule has 1 amide bonds. The maximum Gasteiger partial charge on any atom is 0.258 e. The summed E-state index contributed by atoms with van der Waals surface area (Å²) in [6.07, 6.45) is 1.56. The van der Waals surface area contributed by atoms with Crippen molar-refractivity contribution in [3.63, 3.8) is 0 Å². The summed E-state index contributed by atoms with van der Waals surface area (Å²) in [5, 5.41) is 0. The highest BCUT2D eigenvalue weighted by Gasteiger charge is 2.14. The number of aromatic nitrogens is 1. The average Bonchev–Trinajstić information content (AvgIpc) is 2.48. The van der Waals surface area contributed by atoms with E-state index in [9.17, 15) is 9.59 Å². The summed E-state index contributed by atoms with van der Waals surface area (Å²) < 4.78 is 1.41. The molecule has 2 rings (SSSR count). The zero-order valence-electron chi connectivity index (χ0n) is 11.7. The second kappa shape index (κ2) is 5.88. The molecule has 0 saturated heterocycles. The first kappa shape index (κ1) is 14.9. The predicted octanol–water partition coefficient (Wildman–Crippen LogP) is 1.30. The van der Waals surface area contributed by atoms with Gasteiger partial charge in [-0.1, -0.05) is 24.4 Å². The van der Waals surface area contributed by atoms with E-state index in [2.05, 4.69) is 0 Å². The van der Waals surface area contributed by atoms with Crippen LogP contribution in [0.3, 0.4) is 0 Å². The summed E-state index contributed by atoms with van der Waals surface area (Å²) in [6.45, 7) is 0. The number of pyridine rings is 1. The van der Waals surface area contributed by atoms with Crippen molar-refractivity contribution in [1.29, 1.82) is 0 Å². The number of hydrogen-bond acceptors (Lipinski definition) is 3. The van der Waals surface area contributed by atoms with Crippen molar-refractivity contribution in [2.24, 2.45) is 12.8 Å². The number of benzene rings is 1. The summed E-state index contributed by atoms with van der Waals surface area (Å²) in [5.41, 5.74) is 7.04. The molecule has 6 heteroatoms. The maximum atomic E-state index is 12.4. The lowest BCUT2D eigenvalue weighted by Gasteiger charge is -2.18. The first-order chi connectivity index (χ1) is 9.90. The average molecular weight is 301 g/mol. The Bertz CT molecular complexity index is 768. The Balaban J connectivity index is 2.34. The molecule has 1 heterocycles. The minimum Gasteiger partial charge on any atom is -0.389 e. The number of hydrogen-bond donors (Lipinski definition) is 1. The van der Waals surface area contributed by atoms with Crippen LogP contribution in [0, 0.1) is 0 Å². The number of rotatable bonds is 3. The molecule has 0 saturated carbocycles. The molecule has 0 atom stereocenters. The Hall–Kier alpha value is -2.47. The highest BCUT2D eigenvalue weighted by Crippen LogP contribution is 2.17. The number of thiocarbonyl (C=S) groups is 1. The minimum absolute atomic E-state index is 0.230. The van der Waals surface area contributed by atoms with E-state index < -0.39 is 0 Å². The normalized spacial score (nSPS) is 10.2. The van der Waals surface area contributed by atoms with Gasteiger partial charge in [0.15, 0.2) is 0 Å². The van der Waals surface area contributed by atoms with Gasteiger partial charge in [-0.05, 0) is 18.2 Å². The molecule has 0 spiro atoms. The van der Waals surface area contributed by atoms with Crippen LogP contribution in [0.15, 0.2) is 47.4 Å². The second-order valence-corrected chi connectivity index (χ2v) is 5.08. The van der Waals surface area contributed by atoms with Gasteiger partial charge in [0.05, 0.1) is 0 Å². The van der Waals surface area contributed by atoms with Crippen LogP contribution in [0.5, 0.6) is 0 Å².